The van der Waals surface area contributed by atoms with Crippen LogP contribution in [-0.2, 0) is 0 Å². The Hall–Kier alpha value is -2.01. The predicted octanol–water partition coefficient (Wildman–Crippen LogP) is 2.61. The van der Waals surface area contributed by atoms with Gasteiger partial charge in [-0.05, 0) is 18.2 Å². The van der Waals surface area contributed by atoms with Gasteiger partial charge in [-0.3, -0.25) is 9.78 Å². The van der Waals surface area contributed by atoms with Crippen LogP contribution in [0.15, 0.2) is 58.4 Å². The van der Waals surface area contributed by atoms with E-state index in [-0.39, 0.29) is 5.91 Å². The quantitative estimate of drug-likeness (QED) is 0.700. The first-order valence-corrected chi connectivity index (χ1v) is 6.04. The Labute approximate surface area is 113 Å². The van der Waals surface area contributed by atoms with Crippen molar-refractivity contribution < 1.29 is 4.79 Å². The number of amides is 1. The van der Waals surface area contributed by atoms with Gasteiger partial charge >= 0.3 is 0 Å². The summed E-state index contributed by atoms with van der Waals surface area (Å²) in [6.45, 7) is 0. The Kier molecular flexibility index (Phi) is 4.20. The molecule has 0 saturated carbocycles. The second kappa shape index (κ2) is 6.07. The smallest absolute Gasteiger partial charge is 0.267 e. The fourth-order valence-electron chi connectivity index (χ4n) is 1.30. The van der Waals surface area contributed by atoms with Crippen LogP contribution in [0.3, 0.4) is 0 Å². The van der Waals surface area contributed by atoms with Gasteiger partial charge in [0.1, 0.15) is 0 Å². The average Bonchev–Trinajstić information content (AvgIpc) is 2.42. The Morgan fingerprint density at radius 1 is 1.28 bits per heavy atom. The number of aromatic nitrogens is 1. The van der Waals surface area contributed by atoms with E-state index in [0.29, 0.717) is 5.56 Å². The molecular weight excluding hydrogens is 294 g/mol. The highest BCUT2D eigenvalue weighted by Crippen LogP contribution is 2.13. The molecule has 2 rings (SSSR count). The van der Waals surface area contributed by atoms with Crippen LogP contribution in [0.4, 0.5) is 0 Å². The molecule has 1 amide bonds. The first-order chi connectivity index (χ1) is 8.77. The molecule has 4 nitrogen and oxygen atoms in total. The molecule has 1 N–H and O–H groups in total. The van der Waals surface area contributed by atoms with Gasteiger partial charge in [0.2, 0.25) is 0 Å². The lowest BCUT2D eigenvalue weighted by atomic mass is 10.2. The summed E-state index contributed by atoms with van der Waals surface area (Å²) in [6.07, 6.45) is 4.68. The number of carbonyl (C=O) groups is 1. The Bertz CT molecular complexity index is 569. The lowest BCUT2D eigenvalue weighted by molar-refractivity contribution is 0.0955. The summed E-state index contributed by atoms with van der Waals surface area (Å²) >= 11 is 3.39. The maximum atomic E-state index is 11.6. The number of hydrogen-bond donors (Lipinski definition) is 1. The van der Waals surface area contributed by atoms with Crippen molar-refractivity contribution in [3.63, 3.8) is 0 Å². The second-order valence-electron chi connectivity index (χ2n) is 3.46. The Morgan fingerprint density at radius 2 is 2.11 bits per heavy atom. The zero-order valence-electron chi connectivity index (χ0n) is 9.38. The van der Waals surface area contributed by atoms with Crippen molar-refractivity contribution in [2.24, 2.45) is 5.10 Å². The number of benzene rings is 1. The number of nitrogens with one attached hydrogen (secondary N) is 1. The molecule has 0 aliphatic carbocycles. The molecule has 90 valence electrons. The van der Waals surface area contributed by atoms with Gasteiger partial charge in [-0.25, -0.2) is 5.43 Å². The fraction of sp³-hybridized carbons (Fsp3) is 0. The van der Waals surface area contributed by atoms with E-state index < -0.39 is 0 Å². The maximum absolute atomic E-state index is 11.6. The normalized spacial score (nSPS) is 10.5. The molecule has 2 aromatic rings. The lowest BCUT2D eigenvalue weighted by Crippen LogP contribution is -2.17. The average molecular weight is 304 g/mol. The summed E-state index contributed by atoms with van der Waals surface area (Å²) in [4.78, 5) is 15.5. The summed E-state index contributed by atoms with van der Waals surface area (Å²) in [7, 11) is 0. The minimum absolute atomic E-state index is 0.286. The van der Waals surface area contributed by atoms with E-state index in [4.69, 9.17) is 0 Å². The first-order valence-electron chi connectivity index (χ1n) is 5.25. The van der Waals surface area contributed by atoms with Crippen molar-refractivity contribution in [2.45, 2.75) is 0 Å². The van der Waals surface area contributed by atoms with Crippen LogP contribution in [0.5, 0.6) is 0 Å². The molecule has 18 heavy (non-hydrogen) atoms. The summed E-state index contributed by atoms with van der Waals surface area (Å²) in [5, 5.41) is 3.90. The zero-order valence-corrected chi connectivity index (χ0v) is 11.0. The fourth-order valence-corrected chi connectivity index (χ4v) is 1.69. The lowest BCUT2D eigenvalue weighted by Gasteiger charge is -1.99. The van der Waals surface area contributed by atoms with Gasteiger partial charge in [0.15, 0.2) is 0 Å². The Balaban J connectivity index is 2.00. The highest BCUT2D eigenvalue weighted by atomic mass is 79.9. The maximum Gasteiger partial charge on any atom is 0.272 e. The van der Waals surface area contributed by atoms with Crippen LogP contribution in [-0.4, -0.2) is 17.1 Å². The van der Waals surface area contributed by atoms with Gasteiger partial charge in [-0.15, -0.1) is 0 Å². The van der Waals surface area contributed by atoms with Gasteiger partial charge in [0.25, 0.3) is 5.91 Å². The molecule has 0 saturated heterocycles. The number of rotatable bonds is 3. The summed E-state index contributed by atoms with van der Waals surface area (Å²) in [5.41, 5.74) is 3.81. The van der Waals surface area contributed by atoms with Crippen molar-refractivity contribution in [1.29, 1.82) is 0 Å². The molecule has 1 aromatic carbocycles. The minimum atomic E-state index is -0.286. The van der Waals surface area contributed by atoms with E-state index in [0.717, 1.165) is 10.0 Å². The van der Waals surface area contributed by atoms with Gasteiger partial charge < -0.3 is 0 Å². The number of nitrogens with zero attached hydrogens (tertiary/aromatic N) is 2. The van der Waals surface area contributed by atoms with E-state index in [1.807, 2.05) is 24.3 Å². The number of halogens is 1. The summed E-state index contributed by atoms with van der Waals surface area (Å²) in [6, 6.07) is 11.0. The highest BCUT2D eigenvalue weighted by Gasteiger charge is 2.02. The Morgan fingerprint density at radius 3 is 2.83 bits per heavy atom. The molecule has 1 heterocycles. The van der Waals surface area contributed by atoms with Crippen molar-refractivity contribution >= 4 is 28.1 Å². The SMILES string of the molecule is O=C(N/N=C\c1ccccc1Br)c1cccnc1. The van der Waals surface area contributed by atoms with Crippen molar-refractivity contribution in [2.75, 3.05) is 0 Å². The topological polar surface area (TPSA) is 54.4 Å². The molecule has 0 aliphatic rings. The summed E-state index contributed by atoms with van der Waals surface area (Å²) in [5.74, 6) is -0.286. The molecule has 0 aliphatic heterocycles. The van der Waals surface area contributed by atoms with Crippen LogP contribution in [0, 0.1) is 0 Å². The molecule has 0 unspecified atom stereocenters. The van der Waals surface area contributed by atoms with Crippen LogP contribution in [0.25, 0.3) is 0 Å². The van der Waals surface area contributed by atoms with E-state index in [2.05, 4.69) is 31.4 Å². The number of hydrazone groups is 1. The standard InChI is InChI=1S/C13H10BrN3O/c14-12-6-2-1-4-10(12)9-16-17-13(18)11-5-3-7-15-8-11/h1-9H,(H,17,18)/b16-9-. The molecule has 0 fully saturated rings. The molecule has 1 aromatic heterocycles. The second-order valence-corrected chi connectivity index (χ2v) is 4.32. The number of pyridine rings is 1. The van der Waals surface area contributed by atoms with E-state index in [9.17, 15) is 4.79 Å². The molecular formula is C13H10BrN3O. The predicted molar refractivity (Wildman–Crippen MR) is 73.4 cm³/mol. The largest absolute Gasteiger partial charge is 0.272 e. The van der Waals surface area contributed by atoms with E-state index in [1.165, 1.54) is 6.20 Å². The zero-order chi connectivity index (χ0) is 12.8. The van der Waals surface area contributed by atoms with Crippen LogP contribution in [0.1, 0.15) is 15.9 Å². The number of hydrogen-bond acceptors (Lipinski definition) is 3. The van der Waals surface area contributed by atoms with E-state index >= 15 is 0 Å². The van der Waals surface area contributed by atoms with Gasteiger partial charge in [0.05, 0.1) is 11.8 Å². The van der Waals surface area contributed by atoms with Gasteiger partial charge in [-0.1, -0.05) is 34.1 Å². The monoisotopic (exact) mass is 303 g/mol. The first kappa shape index (κ1) is 12.4. The number of carbonyl (C=O) groups excluding carboxylic acids is 1. The third-order valence-corrected chi connectivity index (χ3v) is 2.92. The van der Waals surface area contributed by atoms with Crippen molar-refractivity contribution in [3.05, 3.63) is 64.4 Å². The van der Waals surface area contributed by atoms with Crippen LogP contribution in [0.2, 0.25) is 0 Å². The van der Waals surface area contributed by atoms with E-state index in [1.54, 1.807) is 24.5 Å². The molecule has 0 spiro atoms. The van der Waals surface area contributed by atoms with Gasteiger partial charge in [0, 0.05) is 22.4 Å². The molecule has 0 atom stereocenters. The summed E-state index contributed by atoms with van der Waals surface area (Å²) < 4.78 is 0.921. The van der Waals surface area contributed by atoms with Gasteiger partial charge in [-0.2, -0.15) is 5.10 Å². The van der Waals surface area contributed by atoms with Crippen molar-refractivity contribution in [1.82, 2.24) is 10.4 Å². The van der Waals surface area contributed by atoms with Crippen molar-refractivity contribution in [3.8, 4) is 0 Å². The molecule has 0 bridgehead atoms. The third kappa shape index (κ3) is 3.24. The minimum Gasteiger partial charge on any atom is -0.267 e. The highest BCUT2D eigenvalue weighted by molar-refractivity contribution is 9.10. The molecule has 0 radical (unpaired) electrons. The van der Waals surface area contributed by atoms with Crippen LogP contribution >= 0.6 is 15.9 Å². The molecule has 5 heteroatoms. The van der Waals surface area contributed by atoms with Crippen LogP contribution < -0.4 is 5.43 Å². The third-order valence-electron chi connectivity index (χ3n) is 2.20.